The number of hydrogen-bond donors (Lipinski definition) is 3. The number of nitrogens with one attached hydrogen (secondary N) is 3. The van der Waals surface area contributed by atoms with Crippen LogP contribution in [-0.2, 0) is 17.9 Å². The fourth-order valence-corrected chi connectivity index (χ4v) is 5.46. The smallest absolute Gasteiger partial charge is 0.287 e. The fraction of sp³-hybridized carbons (Fsp3) is 0.545. The second-order valence-corrected chi connectivity index (χ2v) is 9.74. The van der Waals surface area contributed by atoms with Crippen molar-refractivity contribution < 1.29 is 4.79 Å². The van der Waals surface area contributed by atoms with Crippen molar-refractivity contribution >= 4 is 23.2 Å². The summed E-state index contributed by atoms with van der Waals surface area (Å²) in [6, 6.07) is 3.65. The van der Waals surface area contributed by atoms with E-state index in [0.717, 1.165) is 16.7 Å². The average Bonchev–Trinajstić information content (AvgIpc) is 2.74. The second kappa shape index (κ2) is 8.15. The van der Waals surface area contributed by atoms with Gasteiger partial charge in [0.15, 0.2) is 0 Å². The molecule has 0 unspecified atom stereocenters. The molecule has 3 aliphatic rings. The van der Waals surface area contributed by atoms with Crippen LogP contribution in [0, 0.1) is 23.2 Å². The van der Waals surface area contributed by atoms with Gasteiger partial charge in [0.05, 0.1) is 0 Å². The zero-order chi connectivity index (χ0) is 22.3. The van der Waals surface area contributed by atoms with Gasteiger partial charge in [-0.15, -0.1) is 0 Å². The molecule has 166 valence electrons. The van der Waals surface area contributed by atoms with Crippen molar-refractivity contribution in [1.82, 2.24) is 20.1 Å². The first-order chi connectivity index (χ1) is 14.7. The summed E-state index contributed by atoms with van der Waals surface area (Å²) in [5.74, 6) is 1.16. The lowest BCUT2D eigenvalue weighted by Crippen LogP contribution is -2.58. The second-order valence-electron chi connectivity index (χ2n) is 9.36. The van der Waals surface area contributed by atoms with E-state index >= 15 is 0 Å². The molecule has 4 atom stereocenters. The summed E-state index contributed by atoms with van der Waals surface area (Å²) in [6.45, 7) is 6.78. The van der Waals surface area contributed by atoms with Gasteiger partial charge in [-0.1, -0.05) is 32.4 Å². The highest BCUT2D eigenvalue weighted by atomic mass is 35.5. The largest absolute Gasteiger partial charge is 0.376 e. The Morgan fingerprint density at radius 1 is 1.29 bits per heavy atom. The summed E-state index contributed by atoms with van der Waals surface area (Å²) < 4.78 is 0.947. The first-order valence-corrected chi connectivity index (χ1v) is 11.0. The number of anilines is 1. The fourth-order valence-electron chi connectivity index (χ4n) is 5.22. The highest BCUT2D eigenvalue weighted by Crippen LogP contribution is 2.61. The van der Waals surface area contributed by atoms with Crippen LogP contribution in [0.5, 0.6) is 0 Å². The third kappa shape index (κ3) is 4.01. The van der Waals surface area contributed by atoms with Gasteiger partial charge in [-0.05, 0) is 53.7 Å². The maximum Gasteiger partial charge on any atom is 0.287 e. The number of halogens is 1. The lowest BCUT2D eigenvalue weighted by molar-refractivity contribution is -0.122. The SMILES string of the molecule is C[C@@H]1[C@H]2C[C@@H](C[C@H]1Nc1c(Cl)c(=O)n(CC(=O)NCc3ccncc3)[nH]c1=O)C2(C)C. The van der Waals surface area contributed by atoms with Crippen LogP contribution < -0.4 is 21.8 Å². The van der Waals surface area contributed by atoms with Crippen LogP contribution in [0.25, 0.3) is 0 Å². The Bertz CT molecular complexity index is 1090. The van der Waals surface area contributed by atoms with Crippen LogP contribution in [0.15, 0.2) is 34.1 Å². The van der Waals surface area contributed by atoms with Crippen LogP contribution >= 0.6 is 11.6 Å². The van der Waals surface area contributed by atoms with Gasteiger partial charge in [-0.3, -0.25) is 24.5 Å². The molecular formula is C22H28ClN5O3. The Kier molecular flexibility index (Phi) is 5.68. The van der Waals surface area contributed by atoms with Gasteiger partial charge >= 0.3 is 0 Å². The van der Waals surface area contributed by atoms with E-state index in [4.69, 9.17) is 11.6 Å². The molecule has 9 heteroatoms. The average molecular weight is 446 g/mol. The van der Waals surface area contributed by atoms with Crippen molar-refractivity contribution in [3.8, 4) is 0 Å². The number of rotatable bonds is 6. The number of pyridine rings is 1. The number of hydrogen-bond acceptors (Lipinski definition) is 5. The molecule has 3 aliphatic carbocycles. The Balaban J connectivity index is 1.45. The molecule has 0 saturated heterocycles. The summed E-state index contributed by atoms with van der Waals surface area (Å²) >= 11 is 6.28. The minimum absolute atomic E-state index is 0.0919. The number of aromatic amines is 1. The number of H-pyrrole nitrogens is 1. The predicted molar refractivity (Wildman–Crippen MR) is 119 cm³/mol. The van der Waals surface area contributed by atoms with Crippen molar-refractivity contribution in [2.24, 2.45) is 23.2 Å². The lowest BCUT2D eigenvalue weighted by Gasteiger charge is -2.62. The maximum atomic E-state index is 12.7. The zero-order valence-electron chi connectivity index (χ0n) is 17.9. The monoisotopic (exact) mass is 445 g/mol. The van der Waals surface area contributed by atoms with Crippen LogP contribution in [0.1, 0.15) is 39.2 Å². The highest BCUT2D eigenvalue weighted by molar-refractivity contribution is 6.32. The molecule has 2 heterocycles. The number of nitrogens with zero attached hydrogens (tertiary/aromatic N) is 2. The molecule has 2 aromatic heterocycles. The Labute approximate surface area is 185 Å². The molecule has 2 aromatic rings. The molecular weight excluding hydrogens is 418 g/mol. The Morgan fingerprint density at radius 3 is 2.65 bits per heavy atom. The molecule has 3 N–H and O–H groups in total. The van der Waals surface area contributed by atoms with Crippen LogP contribution in [0.3, 0.4) is 0 Å². The Morgan fingerprint density at radius 2 is 2.00 bits per heavy atom. The van der Waals surface area contributed by atoms with E-state index in [1.165, 1.54) is 6.42 Å². The van der Waals surface area contributed by atoms with Crippen molar-refractivity contribution in [2.45, 2.75) is 52.7 Å². The third-order valence-electron chi connectivity index (χ3n) is 7.34. The van der Waals surface area contributed by atoms with E-state index in [9.17, 15) is 14.4 Å². The molecule has 0 aromatic carbocycles. The molecule has 8 nitrogen and oxygen atoms in total. The van der Waals surface area contributed by atoms with Gasteiger partial charge in [0.1, 0.15) is 17.3 Å². The standard InChI is InChI=1S/C22H28ClN5O3/c1-12-15-8-14(22(15,2)3)9-16(12)26-19-18(23)21(31)28(27-20(19)30)11-17(29)25-10-13-4-6-24-7-5-13/h4-7,12,14-16,26H,8-11H2,1-3H3,(H,25,29)(H,27,30)/t12-,14+,15-,16-/m1/s1. The number of carbonyl (C=O) groups is 1. The topological polar surface area (TPSA) is 109 Å². The molecule has 0 radical (unpaired) electrons. The van der Waals surface area contributed by atoms with E-state index in [1.807, 2.05) is 0 Å². The van der Waals surface area contributed by atoms with Gasteiger partial charge in [-0.25, -0.2) is 4.68 Å². The van der Waals surface area contributed by atoms with Crippen molar-refractivity contribution in [2.75, 3.05) is 5.32 Å². The number of aromatic nitrogens is 3. The summed E-state index contributed by atoms with van der Waals surface area (Å²) in [5, 5.41) is 8.25. The third-order valence-corrected chi connectivity index (χ3v) is 7.69. The molecule has 3 fully saturated rings. The molecule has 1 amide bonds. The predicted octanol–water partition coefficient (Wildman–Crippen LogP) is 2.38. The number of fused-ring (bicyclic) bond motifs is 2. The molecule has 31 heavy (non-hydrogen) atoms. The van der Waals surface area contributed by atoms with Crippen molar-refractivity contribution in [3.63, 3.8) is 0 Å². The zero-order valence-corrected chi connectivity index (χ0v) is 18.7. The van der Waals surface area contributed by atoms with Gasteiger partial charge in [-0.2, -0.15) is 0 Å². The minimum atomic E-state index is -0.600. The van der Waals surface area contributed by atoms with Crippen molar-refractivity contribution in [3.05, 3.63) is 55.8 Å². The van der Waals surface area contributed by atoms with Gasteiger partial charge in [0, 0.05) is 25.0 Å². The Hall–Kier alpha value is -2.61. The van der Waals surface area contributed by atoms with Gasteiger partial charge in [0.25, 0.3) is 11.1 Å². The van der Waals surface area contributed by atoms with Crippen molar-refractivity contribution in [1.29, 1.82) is 0 Å². The number of carbonyl (C=O) groups excluding carboxylic acids is 1. The molecule has 3 saturated carbocycles. The molecule has 0 spiro atoms. The molecule has 0 aliphatic heterocycles. The summed E-state index contributed by atoms with van der Waals surface area (Å²) in [6.07, 6.45) is 5.42. The van der Waals surface area contributed by atoms with Crippen LogP contribution in [-0.4, -0.2) is 26.7 Å². The van der Waals surface area contributed by atoms with Gasteiger partial charge < -0.3 is 10.6 Å². The van der Waals surface area contributed by atoms with E-state index in [-0.39, 0.29) is 23.3 Å². The van der Waals surface area contributed by atoms with Gasteiger partial charge in [0.2, 0.25) is 5.91 Å². The van der Waals surface area contributed by atoms with Crippen LogP contribution in [0.2, 0.25) is 5.02 Å². The summed E-state index contributed by atoms with van der Waals surface area (Å²) in [4.78, 5) is 41.5. The molecule has 2 bridgehead atoms. The quantitative estimate of drug-likeness (QED) is 0.632. The normalized spacial score (nSPS) is 26.1. The maximum absolute atomic E-state index is 12.7. The first kappa shape index (κ1) is 21.6. The number of amides is 1. The molecule has 5 rings (SSSR count). The first-order valence-electron chi connectivity index (χ1n) is 10.6. The summed E-state index contributed by atoms with van der Waals surface area (Å²) in [5.41, 5.74) is 0.190. The van der Waals surface area contributed by atoms with E-state index in [1.54, 1.807) is 24.5 Å². The minimum Gasteiger partial charge on any atom is -0.376 e. The van der Waals surface area contributed by atoms with E-state index in [2.05, 4.69) is 41.5 Å². The lowest BCUT2D eigenvalue weighted by atomic mass is 9.45. The van der Waals surface area contributed by atoms with E-state index < -0.39 is 17.0 Å². The highest BCUT2D eigenvalue weighted by Gasteiger charge is 2.56. The summed E-state index contributed by atoms with van der Waals surface area (Å²) in [7, 11) is 0. The van der Waals surface area contributed by atoms with E-state index in [0.29, 0.717) is 29.7 Å². The van der Waals surface area contributed by atoms with Crippen LogP contribution in [0.4, 0.5) is 5.69 Å².